The second kappa shape index (κ2) is 5.11. The zero-order chi connectivity index (χ0) is 13.2. The van der Waals surface area contributed by atoms with Crippen LogP contribution in [-0.2, 0) is 16.8 Å². The van der Waals surface area contributed by atoms with Gasteiger partial charge in [-0.2, -0.15) is 0 Å². The van der Waals surface area contributed by atoms with Gasteiger partial charge in [-0.05, 0) is 36.4 Å². The van der Waals surface area contributed by atoms with Crippen molar-refractivity contribution in [1.82, 2.24) is 5.32 Å². The summed E-state index contributed by atoms with van der Waals surface area (Å²) in [6.07, 6.45) is 2.55. The van der Waals surface area contributed by atoms with Crippen molar-refractivity contribution in [2.75, 3.05) is 6.54 Å². The fourth-order valence-electron chi connectivity index (χ4n) is 2.59. The number of aliphatic carboxylic acids is 1. The molecule has 18 heavy (non-hydrogen) atoms. The highest BCUT2D eigenvalue weighted by Crippen LogP contribution is 2.37. The number of rotatable bonds is 5. The molecular formula is C15H21NO2. The molecule has 0 amide bonds. The van der Waals surface area contributed by atoms with E-state index in [2.05, 4.69) is 19.2 Å². The molecule has 0 fully saturated rings. The molecule has 98 valence electrons. The van der Waals surface area contributed by atoms with E-state index in [0.29, 0.717) is 12.3 Å². The van der Waals surface area contributed by atoms with Crippen LogP contribution < -0.4 is 5.32 Å². The van der Waals surface area contributed by atoms with Crippen molar-refractivity contribution in [3.8, 4) is 0 Å². The molecule has 0 bridgehead atoms. The standard InChI is InChI=1S/C15H21NO2/c1-3-11(2)10-16-15(14(17)18)9-8-12-6-4-5-7-13(12)15/h4-7,11,16H,3,8-10H2,1-2H3,(H,17,18). The number of carboxylic acids is 1. The van der Waals surface area contributed by atoms with Crippen molar-refractivity contribution >= 4 is 5.97 Å². The average Bonchev–Trinajstić information content (AvgIpc) is 2.76. The van der Waals surface area contributed by atoms with E-state index < -0.39 is 11.5 Å². The zero-order valence-electron chi connectivity index (χ0n) is 11.1. The highest BCUT2D eigenvalue weighted by Gasteiger charge is 2.45. The van der Waals surface area contributed by atoms with Gasteiger partial charge in [0, 0.05) is 0 Å². The molecule has 0 spiro atoms. The number of nitrogens with one attached hydrogen (secondary N) is 1. The molecule has 3 nitrogen and oxygen atoms in total. The molecule has 0 radical (unpaired) electrons. The van der Waals surface area contributed by atoms with Gasteiger partial charge in [-0.3, -0.25) is 5.32 Å². The largest absolute Gasteiger partial charge is 0.480 e. The molecule has 2 rings (SSSR count). The Morgan fingerprint density at radius 2 is 2.22 bits per heavy atom. The topological polar surface area (TPSA) is 49.3 Å². The Bertz CT molecular complexity index is 444. The Hall–Kier alpha value is -1.35. The summed E-state index contributed by atoms with van der Waals surface area (Å²) in [7, 11) is 0. The fraction of sp³-hybridized carbons (Fsp3) is 0.533. The first-order chi connectivity index (χ1) is 8.60. The van der Waals surface area contributed by atoms with Gasteiger partial charge in [0.2, 0.25) is 0 Å². The molecule has 2 unspecified atom stereocenters. The number of hydrogen-bond donors (Lipinski definition) is 2. The highest BCUT2D eigenvalue weighted by molar-refractivity contribution is 5.82. The van der Waals surface area contributed by atoms with E-state index in [4.69, 9.17) is 0 Å². The molecule has 1 aliphatic rings. The van der Waals surface area contributed by atoms with Crippen LogP contribution in [0.1, 0.15) is 37.8 Å². The van der Waals surface area contributed by atoms with Gasteiger partial charge < -0.3 is 5.11 Å². The molecular weight excluding hydrogens is 226 g/mol. The summed E-state index contributed by atoms with van der Waals surface area (Å²) >= 11 is 0. The van der Waals surface area contributed by atoms with Crippen molar-refractivity contribution < 1.29 is 9.90 Å². The van der Waals surface area contributed by atoms with Crippen LogP contribution in [0.3, 0.4) is 0 Å². The molecule has 1 aromatic rings. The van der Waals surface area contributed by atoms with E-state index in [-0.39, 0.29) is 0 Å². The van der Waals surface area contributed by atoms with Crippen LogP contribution in [0.2, 0.25) is 0 Å². The van der Waals surface area contributed by atoms with Gasteiger partial charge in [0.25, 0.3) is 0 Å². The Morgan fingerprint density at radius 1 is 1.50 bits per heavy atom. The fourth-order valence-corrected chi connectivity index (χ4v) is 2.59. The zero-order valence-corrected chi connectivity index (χ0v) is 11.1. The van der Waals surface area contributed by atoms with Gasteiger partial charge in [-0.15, -0.1) is 0 Å². The lowest BCUT2D eigenvalue weighted by atomic mass is 9.91. The van der Waals surface area contributed by atoms with E-state index in [9.17, 15) is 9.90 Å². The number of carbonyl (C=O) groups is 1. The third-order valence-electron chi connectivity index (χ3n) is 4.06. The van der Waals surface area contributed by atoms with Gasteiger partial charge in [-0.1, -0.05) is 44.5 Å². The quantitative estimate of drug-likeness (QED) is 0.840. The van der Waals surface area contributed by atoms with Crippen LogP contribution in [0.4, 0.5) is 0 Å². The summed E-state index contributed by atoms with van der Waals surface area (Å²) < 4.78 is 0. The van der Waals surface area contributed by atoms with E-state index >= 15 is 0 Å². The van der Waals surface area contributed by atoms with Crippen molar-refractivity contribution in [2.45, 2.75) is 38.6 Å². The third kappa shape index (κ3) is 2.15. The maximum atomic E-state index is 11.7. The molecule has 0 aromatic heterocycles. The second-order valence-corrected chi connectivity index (χ2v) is 5.26. The molecule has 0 saturated heterocycles. The SMILES string of the molecule is CCC(C)CNC1(C(=O)O)CCc2ccccc21. The lowest BCUT2D eigenvalue weighted by Gasteiger charge is -2.28. The second-order valence-electron chi connectivity index (χ2n) is 5.26. The molecule has 1 aliphatic carbocycles. The normalized spacial score (nSPS) is 23.7. The molecule has 0 saturated carbocycles. The lowest BCUT2D eigenvalue weighted by Crippen LogP contribution is -2.49. The number of hydrogen-bond acceptors (Lipinski definition) is 2. The average molecular weight is 247 g/mol. The molecule has 3 heteroatoms. The lowest BCUT2D eigenvalue weighted by molar-refractivity contribution is -0.145. The van der Waals surface area contributed by atoms with Crippen molar-refractivity contribution in [1.29, 1.82) is 0 Å². The Balaban J connectivity index is 2.27. The van der Waals surface area contributed by atoms with Crippen LogP contribution in [0.5, 0.6) is 0 Å². The van der Waals surface area contributed by atoms with Crippen molar-refractivity contribution in [2.24, 2.45) is 5.92 Å². The van der Waals surface area contributed by atoms with Crippen LogP contribution in [-0.4, -0.2) is 17.6 Å². The Labute approximate surface area is 108 Å². The monoisotopic (exact) mass is 247 g/mol. The summed E-state index contributed by atoms with van der Waals surface area (Å²) in [6.45, 7) is 5.02. The maximum absolute atomic E-state index is 11.7. The molecule has 1 aromatic carbocycles. The predicted molar refractivity (Wildman–Crippen MR) is 71.5 cm³/mol. The number of benzene rings is 1. The number of aryl methyl sites for hydroxylation is 1. The number of fused-ring (bicyclic) bond motifs is 1. The first-order valence-electron chi connectivity index (χ1n) is 6.67. The van der Waals surface area contributed by atoms with Crippen LogP contribution >= 0.6 is 0 Å². The summed E-state index contributed by atoms with van der Waals surface area (Å²) in [6, 6.07) is 7.88. The Kier molecular flexibility index (Phi) is 3.71. The van der Waals surface area contributed by atoms with Crippen molar-refractivity contribution in [3.05, 3.63) is 35.4 Å². The first kappa shape index (κ1) is 13.1. The minimum atomic E-state index is -0.875. The molecule has 2 N–H and O–H groups in total. The van der Waals surface area contributed by atoms with E-state index in [0.717, 1.165) is 30.5 Å². The predicted octanol–water partition coefficient (Wildman–Crippen LogP) is 2.55. The summed E-state index contributed by atoms with van der Waals surface area (Å²) in [5.41, 5.74) is 1.23. The number of carboxylic acid groups (broad SMARTS) is 1. The van der Waals surface area contributed by atoms with Gasteiger partial charge in [0.1, 0.15) is 5.54 Å². The first-order valence-corrected chi connectivity index (χ1v) is 6.67. The molecule has 0 heterocycles. The molecule has 2 atom stereocenters. The van der Waals surface area contributed by atoms with Crippen molar-refractivity contribution in [3.63, 3.8) is 0 Å². The molecule has 0 aliphatic heterocycles. The van der Waals surface area contributed by atoms with Crippen LogP contribution in [0.15, 0.2) is 24.3 Å². The van der Waals surface area contributed by atoms with E-state index in [1.165, 1.54) is 0 Å². The van der Waals surface area contributed by atoms with Crippen LogP contribution in [0, 0.1) is 5.92 Å². The Morgan fingerprint density at radius 3 is 2.89 bits per heavy atom. The van der Waals surface area contributed by atoms with E-state index in [1.54, 1.807) is 0 Å². The van der Waals surface area contributed by atoms with Crippen LogP contribution in [0.25, 0.3) is 0 Å². The summed E-state index contributed by atoms with van der Waals surface area (Å²) in [5, 5.41) is 12.9. The maximum Gasteiger partial charge on any atom is 0.328 e. The summed E-state index contributed by atoms with van der Waals surface area (Å²) in [4.78, 5) is 11.7. The minimum Gasteiger partial charge on any atom is -0.480 e. The van der Waals surface area contributed by atoms with Gasteiger partial charge >= 0.3 is 5.97 Å². The summed E-state index contributed by atoms with van der Waals surface area (Å²) in [5.74, 6) is -0.259. The van der Waals surface area contributed by atoms with Gasteiger partial charge in [-0.25, -0.2) is 4.79 Å². The van der Waals surface area contributed by atoms with Gasteiger partial charge in [0.05, 0.1) is 0 Å². The smallest absolute Gasteiger partial charge is 0.328 e. The highest BCUT2D eigenvalue weighted by atomic mass is 16.4. The minimum absolute atomic E-state index is 0.494. The van der Waals surface area contributed by atoms with Gasteiger partial charge in [0.15, 0.2) is 0 Å². The van der Waals surface area contributed by atoms with E-state index in [1.807, 2.05) is 24.3 Å². The third-order valence-corrected chi connectivity index (χ3v) is 4.06.